The molecule has 0 spiro atoms. The van der Waals surface area contributed by atoms with Crippen molar-refractivity contribution in [2.45, 2.75) is 25.4 Å². The maximum absolute atomic E-state index is 12.6. The van der Waals surface area contributed by atoms with E-state index in [4.69, 9.17) is 0 Å². The van der Waals surface area contributed by atoms with Crippen LogP contribution >= 0.6 is 0 Å². The molecular weight excluding hydrogens is 312 g/mol. The zero-order valence-electron chi connectivity index (χ0n) is 14.4. The maximum Gasteiger partial charge on any atom is 0.317 e. The van der Waals surface area contributed by atoms with Gasteiger partial charge in [-0.3, -0.25) is 9.88 Å². The zero-order chi connectivity index (χ0) is 17.1. The Kier molecular flexibility index (Phi) is 4.65. The Morgan fingerprint density at radius 1 is 1.00 bits per heavy atom. The molecule has 1 N–H and O–H groups in total. The first kappa shape index (κ1) is 16.1. The summed E-state index contributed by atoms with van der Waals surface area (Å²) in [6.45, 7) is 4.20. The summed E-state index contributed by atoms with van der Waals surface area (Å²) in [5.41, 5.74) is 3.82. The molecule has 1 aromatic carbocycles. The van der Waals surface area contributed by atoms with E-state index in [1.165, 1.54) is 11.1 Å². The lowest BCUT2D eigenvalue weighted by Gasteiger charge is -2.35. The first-order chi connectivity index (χ1) is 12.3. The first-order valence-corrected chi connectivity index (χ1v) is 9.02. The Bertz CT molecular complexity index is 700. The Balaban J connectivity index is 1.25. The molecule has 2 aromatic rings. The fourth-order valence-corrected chi connectivity index (χ4v) is 3.76. The smallest absolute Gasteiger partial charge is 0.317 e. The molecule has 0 radical (unpaired) electrons. The van der Waals surface area contributed by atoms with Gasteiger partial charge >= 0.3 is 6.03 Å². The number of urea groups is 1. The third-order valence-electron chi connectivity index (χ3n) is 5.15. The molecule has 0 unspecified atom stereocenters. The molecule has 1 aromatic heterocycles. The van der Waals surface area contributed by atoms with Crippen LogP contribution in [-0.4, -0.2) is 53.0 Å². The van der Waals surface area contributed by atoms with Gasteiger partial charge in [-0.05, 0) is 36.1 Å². The number of aromatic nitrogens is 1. The van der Waals surface area contributed by atoms with E-state index in [0.29, 0.717) is 0 Å². The van der Waals surface area contributed by atoms with Crippen LogP contribution in [0.1, 0.15) is 16.8 Å². The van der Waals surface area contributed by atoms with E-state index in [2.05, 4.69) is 45.5 Å². The quantitative estimate of drug-likeness (QED) is 0.933. The van der Waals surface area contributed by atoms with Crippen molar-refractivity contribution >= 4 is 6.03 Å². The molecule has 2 heterocycles. The number of carbonyl (C=O) groups is 1. The highest BCUT2D eigenvalue weighted by molar-refractivity contribution is 5.75. The van der Waals surface area contributed by atoms with Crippen LogP contribution in [0.25, 0.3) is 0 Å². The minimum atomic E-state index is 0.0790. The molecule has 1 saturated heterocycles. The fraction of sp³-hybridized carbons (Fsp3) is 0.400. The van der Waals surface area contributed by atoms with Crippen LogP contribution in [0.5, 0.6) is 0 Å². The highest BCUT2D eigenvalue weighted by atomic mass is 16.2. The van der Waals surface area contributed by atoms with Gasteiger partial charge in [-0.2, -0.15) is 0 Å². The molecule has 1 aliphatic heterocycles. The Hall–Kier alpha value is -2.40. The van der Waals surface area contributed by atoms with E-state index < -0.39 is 0 Å². The van der Waals surface area contributed by atoms with Gasteiger partial charge in [0.05, 0.1) is 5.69 Å². The minimum Gasteiger partial charge on any atom is -0.335 e. The summed E-state index contributed by atoms with van der Waals surface area (Å²) in [5, 5.41) is 3.22. The molecule has 5 nitrogen and oxygen atoms in total. The number of hydrogen-bond acceptors (Lipinski definition) is 3. The van der Waals surface area contributed by atoms with E-state index >= 15 is 0 Å². The summed E-state index contributed by atoms with van der Waals surface area (Å²) < 4.78 is 0. The minimum absolute atomic E-state index is 0.0790. The van der Waals surface area contributed by atoms with Crippen LogP contribution in [0, 0.1) is 0 Å². The van der Waals surface area contributed by atoms with Crippen molar-refractivity contribution in [2.75, 3.05) is 26.2 Å². The van der Waals surface area contributed by atoms with Gasteiger partial charge in [0.15, 0.2) is 0 Å². The van der Waals surface area contributed by atoms with E-state index in [9.17, 15) is 4.79 Å². The molecule has 25 heavy (non-hydrogen) atoms. The van der Waals surface area contributed by atoms with Gasteiger partial charge in [0.2, 0.25) is 0 Å². The Morgan fingerprint density at radius 2 is 1.68 bits per heavy atom. The fourth-order valence-electron chi connectivity index (χ4n) is 3.76. The molecule has 2 amide bonds. The molecule has 0 bridgehead atoms. The second-order valence-electron chi connectivity index (χ2n) is 6.91. The molecule has 2 aliphatic rings. The summed E-state index contributed by atoms with van der Waals surface area (Å²) in [4.78, 5) is 21.2. The number of amides is 2. The van der Waals surface area contributed by atoms with Gasteiger partial charge in [-0.15, -0.1) is 0 Å². The Labute approximate surface area is 148 Å². The molecule has 0 atom stereocenters. The number of fused-ring (bicyclic) bond motifs is 1. The normalized spacial score (nSPS) is 18.2. The third kappa shape index (κ3) is 3.82. The van der Waals surface area contributed by atoms with Gasteiger partial charge in [-0.1, -0.05) is 30.3 Å². The predicted octanol–water partition coefficient (Wildman–Crippen LogP) is 2.08. The summed E-state index contributed by atoms with van der Waals surface area (Å²) in [7, 11) is 0. The highest BCUT2D eigenvalue weighted by Gasteiger charge is 2.26. The van der Waals surface area contributed by atoms with Gasteiger partial charge in [0, 0.05) is 45.0 Å². The zero-order valence-corrected chi connectivity index (χ0v) is 14.4. The van der Waals surface area contributed by atoms with E-state index in [1.807, 2.05) is 23.2 Å². The van der Waals surface area contributed by atoms with Crippen molar-refractivity contribution in [3.8, 4) is 0 Å². The number of rotatable bonds is 3. The average Bonchev–Trinajstić information content (AvgIpc) is 3.05. The molecule has 130 valence electrons. The second-order valence-corrected chi connectivity index (χ2v) is 6.91. The van der Waals surface area contributed by atoms with Gasteiger partial charge in [0.1, 0.15) is 0 Å². The third-order valence-corrected chi connectivity index (χ3v) is 5.15. The van der Waals surface area contributed by atoms with E-state index in [0.717, 1.165) is 51.3 Å². The average molecular weight is 336 g/mol. The number of nitrogens with zero attached hydrogens (tertiary/aromatic N) is 3. The number of hydrogen-bond donors (Lipinski definition) is 1. The number of nitrogens with one attached hydrogen (secondary N) is 1. The lowest BCUT2D eigenvalue weighted by Crippen LogP contribution is -2.53. The van der Waals surface area contributed by atoms with E-state index in [-0.39, 0.29) is 12.1 Å². The summed E-state index contributed by atoms with van der Waals surface area (Å²) in [6, 6.07) is 14.8. The molecule has 4 rings (SSSR count). The van der Waals surface area contributed by atoms with Crippen molar-refractivity contribution in [3.05, 3.63) is 65.5 Å². The van der Waals surface area contributed by atoms with Crippen LogP contribution in [-0.2, 0) is 19.4 Å². The number of benzene rings is 1. The summed E-state index contributed by atoms with van der Waals surface area (Å²) >= 11 is 0. The van der Waals surface area contributed by atoms with Crippen LogP contribution < -0.4 is 5.32 Å². The molecule has 0 saturated carbocycles. The van der Waals surface area contributed by atoms with Crippen molar-refractivity contribution in [1.29, 1.82) is 0 Å². The van der Waals surface area contributed by atoms with Crippen molar-refractivity contribution in [3.63, 3.8) is 0 Å². The number of piperazine rings is 1. The molecule has 1 fully saturated rings. The summed E-state index contributed by atoms with van der Waals surface area (Å²) in [5.74, 6) is 0. The lowest BCUT2D eigenvalue weighted by atomic mass is 10.1. The second kappa shape index (κ2) is 7.23. The van der Waals surface area contributed by atoms with E-state index in [1.54, 1.807) is 0 Å². The topological polar surface area (TPSA) is 48.5 Å². The Morgan fingerprint density at radius 3 is 2.32 bits per heavy atom. The standard InChI is InChI=1S/C20H24N4O/c25-20(22-19-13-16-5-1-2-6-17(16)14-19)24-11-9-23(10-12-24)15-18-7-3-4-8-21-18/h1-8,19H,9-15H2,(H,22,25). The van der Waals surface area contributed by atoms with Gasteiger partial charge in [0.25, 0.3) is 0 Å². The maximum atomic E-state index is 12.6. The van der Waals surface area contributed by atoms with Crippen LogP contribution in [0.4, 0.5) is 4.79 Å². The van der Waals surface area contributed by atoms with Gasteiger partial charge < -0.3 is 10.2 Å². The van der Waals surface area contributed by atoms with Crippen molar-refractivity contribution in [2.24, 2.45) is 0 Å². The largest absolute Gasteiger partial charge is 0.335 e. The number of pyridine rings is 1. The SMILES string of the molecule is O=C(NC1Cc2ccccc2C1)N1CCN(Cc2ccccn2)CC1. The van der Waals surface area contributed by atoms with Gasteiger partial charge in [-0.25, -0.2) is 4.79 Å². The van der Waals surface area contributed by atoms with Crippen molar-refractivity contribution < 1.29 is 4.79 Å². The number of carbonyl (C=O) groups excluding carboxylic acids is 1. The highest BCUT2D eigenvalue weighted by Crippen LogP contribution is 2.21. The van der Waals surface area contributed by atoms with Crippen LogP contribution in [0.2, 0.25) is 0 Å². The van der Waals surface area contributed by atoms with Crippen molar-refractivity contribution in [1.82, 2.24) is 20.1 Å². The first-order valence-electron chi connectivity index (χ1n) is 9.02. The monoisotopic (exact) mass is 336 g/mol. The molecule has 1 aliphatic carbocycles. The lowest BCUT2D eigenvalue weighted by molar-refractivity contribution is 0.132. The molecule has 5 heteroatoms. The summed E-state index contributed by atoms with van der Waals surface area (Å²) in [6.07, 6.45) is 3.72. The van der Waals surface area contributed by atoms with Crippen LogP contribution in [0.3, 0.4) is 0 Å². The van der Waals surface area contributed by atoms with Crippen LogP contribution in [0.15, 0.2) is 48.7 Å². The molecular formula is C20H24N4O. The predicted molar refractivity (Wildman–Crippen MR) is 97.3 cm³/mol.